The van der Waals surface area contributed by atoms with E-state index in [1.165, 1.54) is 51.6 Å². The zero-order chi connectivity index (χ0) is 10.2. The lowest BCUT2D eigenvalue weighted by atomic mass is 10.1. The van der Waals surface area contributed by atoms with E-state index in [9.17, 15) is 0 Å². The van der Waals surface area contributed by atoms with Gasteiger partial charge in [-0.15, -0.1) is 11.6 Å². The smallest absolute Gasteiger partial charge is 0.0443 e. The van der Waals surface area contributed by atoms with Gasteiger partial charge < -0.3 is 0 Å². The van der Waals surface area contributed by atoms with Crippen LogP contribution in [0.15, 0.2) is 12.2 Å². The predicted molar refractivity (Wildman–Crippen MR) is 64.0 cm³/mol. The monoisotopic (exact) mass is 215 g/mol. The fraction of sp³-hybridized carbons (Fsp3) is 0.833. The maximum Gasteiger partial charge on any atom is 0.0443 e. The lowest BCUT2D eigenvalue weighted by Crippen LogP contribution is -2.28. The number of hydrogen-bond donors (Lipinski definition) is 0. The predicted octanol–water partition coefficient (Wildman–Crippen LogP) is 3.44. The van der Waals surface area contributed by atoms with Crippen molar-refractivity contribution in [3.05, 3.63) is 12.2 Å². The third kappa shape index (κ3) is 5.02. The number of nitrogens with zero attached hydrogens (tertiary/aromatic N) is 1. The standard InChI is InChI=1S/C12H22ClN/c1-12(10-13)11-14-8-6-4-2-3-5-7-9-14/h1-11H2. The molecular weight excluding hydrogens is 194 g/mol. The van der Waals surface area contributed by atoms with E-state index >= 15 is 0 Å². The maximum atomic E-state index is 5.75. The van der Waals surface area contributed by atoms with Crippen LogP contribution < -0.4 is 0 Å². The van der Waals surface area contributed by atoms with Crippen molar-refractivity contribution in [2.45, 2.75) is 38.5 Å². The van der Waals surface area contributed by atoms with Crippen molar-refractivity contribution in [2.75, 3.05) is 25.5 Å². The molecule has 1 fully saturated rings. The molecule has 1 nitrogen and oxygen atoms in total. The highest BCUT2D eigenvalue weighted by molar-refractivity contribution is 6.19. The van der Waals surface area contributed by atoms with E-state index in [2.05, 4.69) is 11.5 Å². The van der Waals surface area contributed by atoms with Crippen molar-refractivity contribution >= 4 is 11.6 Å². The van der Waals surface area contributed by atoms with Gasteiger partial charge in [0.2, 0.25) is 0 Å². The van der Waals surface area contributed by atoms with E-state index in [0.29, 0.717) is 5.88 Å². The molecule has 0 aromatic heterocycles. The summed E-state index contributed by atoms with van der Waals surface area (Å²) >= 11 is 5.75. The first-order chi connectivity index (χ1) is 6.83. The molecule has 0 aliphatic carbocycles. The van der Waals surface area contributed by atoms with Gasteiger partial charge in [-0.3, -0.25) is 4.90 Å². The third-order valence-corrected chi connectivity index (χ3v) is 3.21. The van der Waals surface area contributed by atoms with E-state index in [0.717, 1.165) is 12.1 Å². The molecule has 1 aliphatic heterocycles. The molecule has 0 aromatic carbocycles. The van der Waals surface area contributed by atoms with Gasteiger partial charge >= 0.3 is 0 Å². The van der Waals surface area contributed by atoms with Crippen LogP contribution >= 0.6 is 11.6 Å². The largest absolute Gasteiger partial charge is 0.299 e. The zero-order valence-electron chi connectivity index (χ0n) is 9.10. The van der Waals surface area contributed by atoms with Gasteiger partial charge in [-0.1, -0.05) is 32.3 Å². The molecule has 0 atom stereocenters. The van der Waals surface area contributed by atoms with E-state index in [1.807, 2.05) is 0 Å². The molecule has 14 heavy (non-hydrogen) atoms. The van der Waals surface area contributed by atoms with E-state index in [1.54, 1.807) is 0 Å². The number of rotatable bonds is 3. The summed E-state index contributed by atoms with van der Waals surface area (Å²) in [4.78, 5) is 2.51. The topological polar surface area (TPSA) is 3.24 Å². The quantitative estimate of drug-likeness (QED) is 0.515. The highest BCUT2D eigenvalue weighted by Gasteiger charge is 2.07. The minimum atomic E-state index is 0.608. The van der Waals surface area contributed by atoms with Gasteiger partial charge in [0.15, 0.2) is 0 Å². The molecule has 0 aromatic rings. The van der Waals surface area contributed by atoms with Crippen molar-refractivity contribution in [2.24, 2.45) is 0 Å². The second kappa shape index (κ2) is 7.30. The van der Waals surface area contributed by atoms with Crippen molar-refractivity contribution in [1.29, 1.82) is 0 Å². The molecule has 0 radical (unpaired) electrons. The maximum absolute atomic E-state index is 5.75. The lowest BCUT2D eigenvalue weighted by Gasteiger charge is -2.21. The molecule has 1 saturated heterocycles. The van der Waals surface area contributed by atoms with Gasteiger partial charge in [0, 0.05) is 12.4 Å². The Kier molecular flexibility index (Phi) is 6.29. The van der Waals surface area contributed by atoms with E-state index in [4.69, 9.17) is 11.6 Å². The summed E-state index contributed by atoms with van der Waals surface area (Å²) < 4.78 is 0. The van der Waals surface area contributed by atoms with Crippen LogP contribution in [0.5, 0.6) is 0 Å². The summed E-state index contributed by atoms with van der Waals surface area (Å²) in [6, 6.07) is 0. The minimum Gasteiger partial charge on any atom is -0.299 e. The van der Waals surface area contributed by atoms with Crippen LogP contribution in [0.4, 0.5) is 0 Å². The molecule has 1 aliphatic rings. The summed E-state index contributed by atoms with van der Waals surface area (Å²) in [6.45, 7) is 7.44. The molecule has 2 heteroatoms. The Morgan fingerprint density at radius 1 is 1.00 bits per heavy atom. The van der Waals surface area contributed by atoms with Crippen molar-refractivity contribution in [3.63, 3.8) is 0 Å². The molecule has 0 bridgehead atoms. The van der Waals surface area contributed by atoms with Crippen LogP contribution in [0.1, 0.15) is 38.5 Å². The van der Waals surface area contributed by atoms with Crippen LogP contribution in [-0.4, -0.2) is 30.4 Å². The van der Waals surface area contributed by atoms with E-state index < -0.39 is 0 Å². The molecule has 1 rings (SSSR count). The van der Waals surface area contributed by atoms with Gasteiger partial charge in [-0.25, -0.2) is 0 Å². The Hall–Kier alpha value is -0.0100. The summed E-state index contributed by atoms with van der Waals surface area (Å²) in [5.74, 6) is 0.608. The van der Waals surface area contributed by atoms with Gasteiger partial charge in [0.25, 0.3) is 0 Å². The molecule has 0 spiro atoms. The molecule has 0 N–H and O–H groups in total. The normalized spacial score (nSPS) is 20.9. The molecular formula is C12H22ClN. The Balaban J connectivity index is 2.28. The molecule has 0 saturated carbocycles. The zero-order valence-corrected chi connectivity index (χ0v) is 9.86. The molecule has 82 valence electrons. The Morgan fingerprint density at radius 3 is 2.00 bits per heavy atom. The van der Waals surface area contributed by atoms with Crippen LogP contribution in [-0.2, 0) is 0 Å². The second-order valence-electron chi connectivity index (χ2n) is 4.28. The minimum absolute atomic E-state index is 0.608. The van der Waals surface area contributed by atoms with Gasteiger partial charge in [-0.2, -0.15) is 0 Å². The van der Waals surface area contributed by atoms with Crippen molar-refractivity contribution in [3.8, 4) is 0 Å². The SMILES string of the molecule is C=C(CCl)CN1CCCCCCCC1. The summed E-state index contributed by atoms with van der Waals surface area (Å²) in [5, 5.41) is 0. The van der Waals surface area contributed by atoms with Gasteiger partial charge in [0.1, 0.15) is 0 Å². The summed E-state index contributed by atoms with van der Waals surface area (Å²) in [5.41, 5.74) is 1.16. The molecule has 1 heterocycles. The lowest BCUT2D eigenvalue weighted by molar-refractivity contribution is 0.291. The Morgan fingerprint density at radius 2 is 1.50 bits per heavy atom. The van der Waals surface area contributed by atoms with Crippen LogP contribution in [0.2, 0.25) is 0 Å². The van der Waals surface area contributed by atoms with Gasteiger partial charge in [0.05, 0.1) is 0 Å². The highest BCUT2D eigenvalue weighted by Crippen LogP contribution is 2.12. The third-order valence-electron chi connectivity index (χ3n) is 2.83. The number of halogens is 1. The van der Waals surface area contributed by atoms with Crippen LogP contribution in [0, 0.1) is 0 Å². The van der Waals surface area contributed by atoms with Crippen LogP contribution in [0.25, 0.3) is 0 Å². The first-order valence-electron chi connectivity index (χ1n) is 5.78. The van der Waals surface area contributed by atoms with Crippen LogP contribution in [0.3, 0.4) is 0 Å². The van der Waals surface area contributed by atoms with Crippen molar-refractivity contribution in [1.82, 2.24) is 4.90 Å². The first kappa shape index (κ1) is 12.1. The summed E-state index contributed by atoms with van der Waals surface area (Å²) in [6.07, 6.45) is 8.31. The average Bonchev–Trinajstić information content (AvgIpc) is 2.31. The fourth-order valence-corrected chi connectivity index (χ4v) is 2.09. The molecule has 0 amide bonds. The summed E-state index contributed by atoms with van der Waals surface area (Å²) in [7, 11) is 0. The fourth-order valence-electron chi connectivity index (χ4n) is 2.01. The number of hydrogen-bond acceptors (Lipinski definition) is 1. The van der Waals surface area contributed by atoms with Gasteiger partial charge in [-0.05, 0) is 31.5 Å². The van der Waals surface area contributed by atoms with E-state index in [-0.39, 0.29) is 0 Å². The highest BCUT2D eigenvalue weighted by atomic mass is 35.5. The average molecular weight is 216 g/mol. The second-order valence-corrected chi connectivity index (χ2v) is 4.55. The van der Waals surface area contributed by atoms with Crippen molar-refractivity contribution < 1.29 is 0 Å². The molecule has 0 unspecified atom stereocenters. The Labute approximate surface area is 93.1 Å². The number of alkyl halides is 1. The first-order valence-corrected chi connectivity index (χ1v) is 6.31. The Bertz CT molecular complexity index is 158.